The van der Waals surface area contributed by atoms with E-state index in [-0.39, 0.29) is 29.2 Å². The Morgan fingerprint density at radius 1 is 1.00 bits per heavy atom. The largest absolute Gasteiger partial charge is 0.416 e. The zero-order valence-corrected chi connectivity index (χ0v) is 14.6. The maximum absolute atomic E-state index is 12.8. The highest BCUT2D eigenvalue weighted by Gasteiger charge is 2.37. The second-order valence-corrected chi connectivity index (χ2v) is 6.96. The highest BCUT2D eigenvalue weighted by molar-refractivity contribution is 7.80. The number of nitrogens with two attached hydrogens (primary N) is 1. The van der Waals surface area contributed by atoms with Crippen molar-refractivity contribution >= 4 is 23.0 Å². The van der Waals surface area contributed by atoms with Crippen molar-refractivity contribution in [3.63, 3.8) is 0 Å². The summed E-state index contributed by atoms with van der Waals surface area (Å²) >= 11 is 4.98. The average Bonchev–Trinajstić information content (AvgIpc) is 2.41. The van der Waals surface area contributed by atoms with E-state index >= 15 is 0 Å². The van der Waals surface area contributed by atoms with Gasteiger partial charge in [0.15, 0.2) is 5.11 Å². The van der Waals surface area contributed by atoms with Crippen molar-refractivity contribution in [3.8, 4) is 0 Å². The van der Waals surface area contributed by atoms with Crippen molar-refractivity contribution < 1.29 is 26.3 Å². The van der Waals surface area contributed by atoms with Gasteiger partial charge < -0.3 is 16.4 Å². The Kier molecular flexibility index (Phi) is 6.33. The Morgan fingerprint density at radius 2 is 1.44 bits per heavy atom. The number of halogens is 6. The molecule has 142 valence electrons. The minimum atomic E-state index is -4.92. The topological polar surface area (TPSA) is 50.1 Å². The molecule has 0 aliphatic heterocycles. The number of benzene rings is 1. The highest BCUT2D eigenvalue weighted by atomic mass is 32.1. The number of hydrogen-bond acceptors (Lipinski definition) is 2. The molecule has 1 aromatic carbocycles. The first-order valence-corrected chi connectivity index (χ1v) is 7.62. The van der Waals surface area contributed by atoms with Gasteiger partial charge in [-0.15, -0.1) is 0 Å². The van der Waals surface area contributed by atoms with Crippen LogP contribution < -0.4 is 16.4 Å². The fourth-order valence-electron chi connectivity index (χ4n) is 1.98. The third-order valence-electron chi connectivity index (χ3n) is 3.43. The molecule has 1 rings (SSSR count). The van der Waals surface area contributed by atoms with Crippen molar-refractivity contribution in [2.45, 2.75) is 39.2 Å². The molecule has 0 saturated carbocycles. The molecule has 25 heavy (non-hydrogen) atoms. The maximum atomic E-state index is 12.8. The highest BCUT2D eigenvalue weighted by Crippen LogP contribution is 2.37. The lowest BCUT2D eigenvalue weighted by molar-refractivity contribution is -0.143. The molecule has 0 aliphatic carbocycles. The van der Waals surface area contributed by atoms with Gasteiger partial charge in [-0.05, 0) is 35.8 Å². The van der Waals surface area contributed by atoms with Gasteiger partial charge in [0.05, 0.1) is 11.1 Å². The summed E-state index contributed by atoms with van der Waals surface area (Å²) in [7, 11) is 0. The fraction of sp³-hybridized carbons (Fsp3) is 0.533. The zero-order chi connectivity index (χ0) is 19.6. The van der Waals surface area contributed by atoms with Crippen LogP contribution in [-0.4, -0.2) is 17.7 Å². The lowest BCUT2D eigenvalue weighted by Gasteiger charge is -2.31. The molecule has 0 fully saturated rings. The number of thiocarbonyl (C=S) groups is 1. The van der Waals surface area contributed by atoms with E-state index < -0.39 is 29.2 Å². The van der Waals surface area contributed by atoms with Crippen molar-refractivity contribution in [3.05, 3.63) is 29.3 Å². The van der Waals surface area contributed by atoms with Crippen LogP contribution >= 0.6 is 12.2 Å². The van der Waals surface area contributed by atoms with Crippen molar-refractivity contribution in [1.82, 2.24) is 5.32 Å². The van der Waals surface area contributed by atoms with Gasteiger partial charge in [-0.1, -0.05) is 20.8 Å². The van der Waals surface area contributed by atoms with E-state index in [0.717, 1.165) is 0 Å². The predicted octanol–water partition coefficient (Wildman–Crippen LogP) is 4.38. The molecular formula is C15H19F6N3S. The summed E-state index contributed by atoms with van der Waals surface area (Å²) in [6, 6.07) is 0.870. The average molecular weight is 387 g/mol. The Balaban J connectivity index is 3.10. The van der Waals surface area contributed by atoms with Crippen LogP contribution in [-0.2, 0) is 12.4 Å². The summed E-state index contributed by atoms with van der Waals surface area (Å²) in [4.78, 5) is 0. The van der Waals surface area contributed by atoms with Gasteiger partial charge in [0, 0.05) is 18.3 Å². The van der Waals surface area contributed by atoms with Crippen LogP contribution in [0.4, 0.5) is 32.0 Å². The van der Waals surface area contributed by atoms with E-state index in [0.29, 0.717) is 12.1 Å². The van der Waals surface area contributed by atoms with E-state index in [1.807, 2.05) is 20.8 Å². The smallest absolute Gasteiger partial charge is 0.358 e. The van der Waals surface area contributed by atoms with Crippen molar-refractivity contribution in [2.24, 2.45) is 11.1 Å². The first-order chi connectivity index (χ1) is 11.1. The molecule has 0 spiro atoms. The van der Waals surface area contributed by atoms with Crippen LogP contribution in [0.2, 0.25) is 0 Å². The third-order valence-corrected chi connectivity index (χ3v) is 3.65. The molecule has 0 heterocycles. The van der Waals surface area contributed by atoms with Gasteiger partial charge in [0.2, 0.25) is 0 Å². The Bertz CT molecular complexity index is 587. The summed E-state index contributed by atoms with van der Waals surface area (Å²) < 4.78 is 77.0. The van der Waals surface area contributed by atoms with Crippen molar-refractivity contribution in [2.75, 3.05) is 11.9 Å². The minimum absolute atomic E-state index is 0.0551. The number of alkyl halides is 6. The molecule has 10 heteroatoms. The monoisotopic (exact) mass is 387 g/mol. The van der Waals surface area contributed by atoms with Crippen LogP contribution in [0, 0.1) is 5.41 Å². The SMILES string of the molecule is CC(C)(C)C(CN)NC(=S)Nc1cc(C(F)(F)F)cc(C(F)(F)F)c1. The lowest BCUT2D eigenvalue weighted by atomic mass is 9.87. The minimum Gasteiger partial charge on any atom is -0.358 e. The van der Waals surface area contributed by atoms with Gasteiger partial charge in [-0.25, -0.2) is 0 Å². The predicted molar refractivity (Wildman–Crippen MR) is 88.1 cm³/mol. The molecule has 0 aromatic heterocycles. The Hall–Kier alpha value is -1.55. The second kappa shape index (κ2) is 7.36. The van der Waals surface area contributed by atoms with Crippen LogP contribution in [0.5, 0.6) is 0 Å². The van der Waals surface area contributed by atoms with Gasteiger partial charge in [0.25, 0.3) is 0 Å². The Labute approximate surface area is 147 Å². The van der Waals surface area contributed by atoms with Crippen molar-refractivity contribution in [1.29, 1.82) is 0 Å². The van der Waals surface area contributed by atoms with E-state index in [1.54, 1.807) is 0 Å². The van der Waals surface area contributed by atoms with Gasteiger partial charge in [-0.2, -0.15) is 26.3 Å². The summed E-state index contributed by atoms with van der Waals surface area (Å²) in [5.74, 6) is 0. The molecule has 0 saturated heterocycles. The lowest BCUT2D eigenvalue weighted by Crippen LogP contribution is -2.49. The second-order valence-electron chi connectivity index (χ2n) is 6.55. The van der Waals surface area contributed by atoms with Gasteiger partial charge in [0.1, 0.15) is 0 Å². The molecular weight excluding hydrogens is 368 g/mol. The number of anilines is 1. The van der Waals surface area contributed by atoms with E-state index in [1.165, 1.54) is 0 Å². The zero-order valence-electron chi connectivity index (χ0n) is 13.8. The van der Waals surface area contributed by atoms with Crippen LogP contribution in [0.25, 0.3) is 0 Å². The van der Waals surface area contributed by atoms with E-state index in [4.69, 9.17) is 18.0 Å². The first kappa shape index (κ1) is 21.5. The fourth-order valence-corrected chi connectivity index (χ4v) is 2.24. The molecule has 0 bridgehead atoms. The normalized spacial score (nSPS) is 14.2. The quantitative estimate of drug-likeness (QED) is 0.532. The number of nitrogens with one attached hydrogen (secondary N) is 2. The summed E-state index contributed by atoms with van der Waals surface area (Å²) in [6.07, 6.45) is -9.84. The standard InChI is InChI=1S/C15H19F6N3S/c1-13(2,3)11(7-22)24-12(25)23-10-5-8(14(16,17)18)4-9(6-10)15(19,20)21/h4-6,11H,7,22H2,1-3H3,(H2,23,24,25). The molecule has 1 atom stereocenters. The summed E-state index contributed by atoms with van der Waals surface area (Å²) in [6.45, 7) is 5.78. The Morgan fingerprint density at radius 3 is 1.76 bits per heavy atom. The van der Waals surface area contributed by atoms with Gasteiger partial charge in [-0.3, -0.25) is 0 Å². The van der Waals surface area contributed by atoms with E-state index in [2.05, 4.69) is 10.6 Å². The maximum Gasteiger partial charge on any atom is 0.416 e. The third kappa shape index (κ3) is 6.35. The molecule has 0 amide bonds. The first-order valence-electron chi connectivity index (χ1n) is 7.21. The molecule has 0 radical (unpaired) electrons. The van der Waals surface area contributed by atoms with Crippen LogP contribution in [0.1, 0.15) is 31.9 Å². The summed E-state index contributed by atoms with van der Waals surface area (Å²) in [5.41, 5.74) is 2.05. The molecule has 4 N–H and O–H groups in total. The molecule has 0 aliphatic rings. The van der Waals surface area contributed by atoms with Crippen LogP contribution in [0.3, 0.4) is 0 Å². The number of hydrogen-bond donors (Lipinski definition) is 3. The van der Waals surface area contributed by atoms with E-state index in [9.17, 15) is 26.3 Å². The molecule has 3 nitrogen and oxygen atoms in total. The van der Waals surface area contributed by atoms with Crippen LogP contribution in [0.15, 0.2) is 18.2 Å². The molecule has 1 unspecified atom stereocenters. The number of rotatable bonds is 3. The molecule has 1 aromatic rings. The van der Waals surface area contributed by atoms with Gasteiger partial charge >= 0.3 is 12.4 Å². The summed E-state index contributed by atoms with van der Waals surface area (Å²) in [5, 5.41) is 5.06.